The average Bonchev–Trinajstić information content (AvgIpc) is 1.14. The maximum atomic E-state index is 9.63. The molecule has 0 saturated carbocycles. The van der Waals surface area contributed by atoms with E-state index in [1.54, 1.807) is 0 Å². The molecule has 0 fully saturated rings. The molecule has 0 aromatic heterocycles. The first-order valence-electron chi connectivity index (χ1n) is 1.53. The SMILES string of the molecule is O=P(O)(O)OP(=O)(O)O.[Cu]. The molecule has 0 bridgehead atoms. The first-order chi connectivity index (χ1) is 3.71. The molecule has 0 heterocycles. The van der Waals surface area contributed by atoms with E-state index < -0.39 is 15.6 Å². The quantitative estimate of drug-likeness (QED) is 0.368. The van der Waals surface area contributed by atoms with Crippen molar-refractivity contribution in [3.05, 3.63) is 0 Å². The summed E-state index contributed by atoms with van der Waals surface area (Å²) in [4.78, 5) is 31.0. The molecule has 0 aliphatic rings. The maximum absolute atomic E-state index is 9.63. The normalized spacial score (nSPS) is 12.4. The van der Waals surface area contributed by atoms with Crippen molar-refractivity contribution in [2.75, 3.05) is 0 Å². The largest absolute Gasteiger partial charge is 0.478 e. The van der Waals surface area contributed by atoms with Crippen molar-refractivity contribution in [1.82, 2.24) is 0 Å². The Morgan fingerprint density at radius 2 is 1.10 bits per heavy atom. The fraction of sp³-hybridized carbons (Fsp3) is 0. The Bertz CT molecular complexity index is 152. The predicted molar refractivity (Wildman–Crippen MR) is 25.2 cm³/mol. The molecule has 1 radical (unpaired) electrons. The van der Waals surface area contributed by atoms with Gasteiger partial charge in [-0.2, -0.15) is 4.31 Å². The monoisotopic (exact) mass is 241 g/mol. The molecule has 0 unspecified atom stereocenters. The topological polar surface area (TPSA) is 124 Å². The van der Waals surface area contributed by atoms with Crippen LogP contribution in [-0.4, -0.2) is 19.6 Å². The number of hydrogen-bond donors (Lipinski definition) is 4. The second kappa shape index (κ2) is 3.97. The molecule has 0 saturated heterocycles. The van der Waals surface area contributed by atoms with Gasteiger partial charge in [-0.25, -0.2) is 9.13 Å². The van der Waals surface area contributed by atoms with E-state index in [1.807, 2.05) is 0 Å². The van der Waals surface area contributed by atoms with Crippen LogP contribution in [0.3, 0.4) is 0 Å². The van der Waals surface area contributed by atoms with Gasteiger partial charge in [0.05, 0.1) is 0 Å². The van der Waals surface area contributed by atoms with Gasteiger partial charge in [0, 0.05) is 17.1 Å². The van der Waals surface area contributed by atoms with E-state index in [-0.39, 0.29) is 17.1 Å². The third kappa shape index (κ3) is 11.6. The van der Waals surface area contributed by atoms with E-state index in [2.05, 4.69) is 4.31 Å². The van der Waals surface area contributed by atoms with E-state index in [4.69, 9.17) is 19.6 Å². The molecule has 0 aliphatic heterocycles. The van der Waals surface area contributed by atoms with Crippen LogP contribution < -0.4 is 0 Å². The molecule has 0 atom stereocenters. The van der Waals surface area contributed by atoms with Crippen molar-refractivity contribution in [2.24, 2.45) is 0 Å². The number of phosphoric acid groups is 2. The van der Waals surface area contributed by atoms with Crippen LogP contribution in [0, 0.1) is 0 Å². The van der Waals surface area contributed by atoms with Gasteiger partial charge in [-0.3, -0.25) is 0 Å². The molecule has 0 aromatic carbocycles. The molecular weight excluding hydrogens is 237 g/mol. The van der Waals surface area contributed by atoms with Gasteiger partial charge < -0.3 is 19.6 Å². The van der Waals surface area contributed by atoms with Crippen LogP contribution in [-0.2, 0) is 30.5 Å². The second-order valence-electron chi connectivity index (χ2n) is 1.06. The molecule has 0 rings (SSSR count). The Morgan fingerprint density at radius 1 is 0.900 bits per heavy atom. The zero-order valence-corrected chi connectivity index (χ0v) is 6.94. The zero-order chi connectivity index (χ0) is 7.71. The Hall–Kier alpha value is 0.779. The molecule has 0 aliphatic carbocycles. The summed E-state index contributed by atoms with van der Waals surface area (Å²) in [5.74, 6) is 0. The first-order valence-corrected chi connectivity index (χ1v) is 4.59. The molecule has 4 N–H and O–H groups in total. The van der Waals surface area contributed by atoms with Crippen molar-refractivity contribution in [3.63, 3.8) is 0 Å². The Balaban J connectivity index is 0. The van der Waals surface area contributed by atoms with Crippen LogP contribution in [0.5, 0.6) is 0 Å². The van der Waals surface area contributed by atoms with E-state index in [1.165, 1.54) is 0 Å². The van der Waals surface area contributed by atoms with Crippen LogP contribution in [0.25, 0.3) is 0 Å². The third-order valence-corrected chi connectivity index (χ3v) is 1.91. The third-order valence-electron chi connectivity index (χ3n) is 0.213. The molecule has 7 nitrogen and oxygen atoms in total. The molecular formula is H4CuO7P2. The fourth-order valence-electron chi connectivity index (χ4n) is 0.139. The van der Waals surface area contributed by atoms with Crippen LogP contribution in [0.2, 0.25) is 0 Å². The minimum absolute atomic E-state index is 0. The summed E-state index contributed by atoms with van der Waals surface area (Å²) in [6.45, 7) is 0. The van der Waals surface area contributed by atoms with Crippen molar-refractivity contribution in [2.45, 2.75) is 0 Å². The summed E-state index contributed by atoms with van der Waals surface area (Å²) in [7, 11) is -10.1. The number of hydrogen-bond acceptors (Lipinski definition) is 3. The van der Waals surface area contributed by atoms with Gasteiger partial charge in [0.25, 0.3) is 0 Å². The van der Waals surface area contributed by atoms with Crippen molar-refractivity contribution in [3.8, 4) is 0 Å². The van der Waals surface area contributed by atoms with Crippen LogP contribution >= 0.6 is 15.6 Å². The number of rotatable bonds is 2. The predicted octanol–water partition coefficient (Wildman–Crippen LogP) is -0.814. The van der Waals surface area contributed by atoms with Gasteiger partial charge in [0.1, 0.15) is 0 Å². The second-order valence-corrected chi connectivity index (χ2v) is 3.68. The summed E-state index contributed by atoms with van der Waals surface area (Å²) in [6.07, 6.45) is 0. The molecule has 0 aromatic rings. The fourth-order valence-corrected chi connectivity index (χ4v) is 1.25. The van der Waals surface area contributed by atoms with Gasteiger partial charge in [0.15, 0.2) is 0 Å². The molecule has 0 spiro atoms. The van der Waals surface area contributed by atoms with E-state index in [9.17, 15) is 9.13 Å². The van der Waals surface area contributed by atoms with E-state index >= 15 is 0 Å². The van der Waals surface area contributed by atoms with Gasteiger partial charge in [-0.15, -0.1) is 0 Å². The van der Waals surface area contributed by atoms with Crippen LogP contribution in [0.4, 0.5) is 0 Å². The minimum atomic E-state index is -5.05. The molecule has 10 heteroatoms. The smallest absolute Gasteiger partial charge is 0.302 e. The van der Waals surface area contributed by atoms with Gasteiger partial charge >= 0.3 is 15.6 Å². The van der Waals surface area contributed by atoms with E-state index in [0.717, 1.165) is 0 Å². The van der Waals surface area contributed by atoms with Crippen molar-refractivity contribution >= 4 is 15.6 Å². The van der Waals surface area contributed by atoms with Gasteiger partial charge in [0.2, 0.25) is 0 Å². The van der Waals surface area contributed by atoms with Crippen molar-refractivity contribution < 1.29 is 50.1 Å². The van der Waals surface area contributed by atoms with Gasteiger partial charge in [-0.05, 0) is 0 Å². The zero-order valence-electron chi connectivity index (χ0n) is 4.21. The summed E-state index contributed by atoms with van der Waals surface area (Å²) in [5, 5.41) is 0. The average molecular weight is 242 g/mol. The minimum Gasteiger partial charge on any atom is -0.302 e. The maximum Gasteiger partial charge on any atom is 0.478 e. The Morgan fingerprint density at radius 3 is 1.10 bits per heavy atom. The molecule has 0 amide bonds. The van der Waals surface area contributed by atoms with E-state index in [0.29, 0.717) is 0 Å². The molecule has 67 valence electrons. The summed E-state index contributed by atoms with van der Waals surface area (Å²) < 4.78 is 22.2. The summed E-state index contributed by atoms with van der Waals surface area (Å²) in [5.41, 5.74) is 0. The Kier molecular flexibility index (Phi) is 5.31. The van der Waals surface area contributed by atoms with Crippen molar-refractivity contribution in [1.29, 1.82) is 0 Å². The standard InChI is InChI=1S/Cu.H4O7P2/c;1-8(2,3)7-9(4,5)6/h;(H2,1,2,3)(H2,4,5,6). The van der Waals surface area contributed by atoms with Crippen LogP contribution in [0.1, 0.15) is 0 Å². The van der Waals surface area contributed by atoms with Crippen LogP contribution in [0.15, 0.2) is 0 Å². The first kappa shape index (κ1) is 13.4. The Labute approximate surface area is 66.4 Å². The molecule has 10 heavy (non-hydrogen) atoms. The summed E-state index contributed by atoms with van der Waals surface area (Å²) >= 11 is 0. The van der Waals surface area contributed by atoms with Gasteiger partial charge in [-0.1, -0.05) is 0 Å². The summed E-state index contributed by atoms with van der Waals surface area (Å²) in [6, 6.07) is 0.